The van der Waals surface area contributed by atoms with Crippen LogP contribution in [0.3, 0.4) is 0 Å². The van der Waals surface area contributed by atoms with Crippen LogP contribution in [-0.4, -0.2) is 29.3 Å². The molecule has 1 aliphatic heterocycles. The predicted octanol–water partition coefficient (Wildman–Crippen LogP) is 0.742. The summed E-state index contributed by atoms with van der Waals surface area (Å²) in [4.78, 5) is 32.9. The molecule has 2 rings (SSSR count). The van der Waals surface area contributed by atoms with Gasteiger partial charge in [0.15, 0.2) is 0 Å². The molecule has 7 nitrogen and oxygen atoms in total. The number of carbonyl (C=O) groups is 2. The zero-order chi connectivity index (χ0) is 14.7. The van der Waals surface area contributed by atoms with Crippen LogP contribution < -0.4 is 10.6 Å². The minimum atomic E-state index is -0.744. The van der Waals surface area contributed by atoms with Crippen LogP contribution in [0.1, 0.15) is 23.2 Å². The Morgan fingerprint density at radius 3 is 2.90 bits per heavy atom. The van der Waals surface area contributed by atoms with Crippen LogP contribution in [0.4, 0.5) is 10.1 Å². The first-order valence-corrected chi connectivity index (χ1v) is 5.99. The molecule has 106 valence electrons. The maximum absolute atomic E-state index is 13.1. The highest BCUT2D eigenvalue weighted by molar-refractivity contribution is 5.98. The number of hydrogen-bond acceptors (Lipinski definition) is 4. The van der Waals surface area contributed by atoms with Crippen molar-refractivity contribution < 1.29 is 18.9 Å². The summed E-state index contributed by atoms with van der Waals surface area (Å²) in [5.41, 5.74) is -0.793. The minimum Gasteiger partial charge on any atom is -0.352 e. The molecule has 0 spiro atoms. The van der Waals surface area contributed by atoms with Crippen molar-refractivity contribution in [2.45, 2.75) is 18.9 Å². The van der Waals surface area contributed by atoms with Gasteiger partial charge in [-0.3, -0.25) is 19.7 Å². The summed E-state index contributed by atoms with van der Waals surface area (Å²) in [6.07, 6.45) is 0.977. The van der Waals surface area contributed by atoms with Gasteiger partial charge < -0.3 is 10.6 Å². The number of amides is 2. The third kappa shape index (κ3) is 3.08. The fourth-order valence-electron chi connectivity index (χ4n) is 1.99. The second-order valence-electron chi connectivity index (χ2n) is 4.43. The number of halogens is 1. The quantitative estimate of drug-likeness (QED) is 0.627. The summed E-state index contributed by atoms with van der Waals surface area (Å²) < 4.78 is 13.1. The molecule has 2 N–H and O–H groups in total. The van der Waals surface area contributed by atoms with Crippen LogP contribution in [0, 0.1) is 15.9 Å². The molecule has 1 saturated heterocycles. The van der Waals surface area contributed by atoms with Crippen LogP contribution in [0.2, 0.25) is 0 Å². The number of nitro groups is 1. The smallest absolute Gasteiger partial charge is 0.282 e. The van der Waals surface area contributed by atoms with Crippen molar-refractivity contribution in [2.24, 2.45) is 0 Å². The summed E-state index contributed by atoms with van der Waals surface area (Å²) in [5, 5.41) is 15.9. The van der Waals surface area contributed by atoms with Gasteiger partial charge in [0.2, 0.25) is 5.91 Å². The zero-order valence-electron chi connectivity index (χ0n) is 10.4. The van der Waals surface area contributed by atoms with E-state index in [0.29, 0.717) is 12.8 Å². The second kappa shape index (κ2) is 5.64. The lowest BCUT2D eigenvalue weighted by Crippen LogP contribution is -2.38. The minimum absolute atomic E-state index is 0.0963. The van der Waals surface area contributed by atoms with Gasteiger partial charge in [-0.1, -0.05) is 0 Å². The second-order valence-corrected chi connectivity index (χ2v) is 4.43. The number of nitrogens with one attached hydrogen (secondary N) is 2. The molecular formula is C12H12FN3O4. The van der Waals surface area contributed by atoms with Crippen LogP contribution in [0.5, 0.6) is 0 Å². The normalized spacial score (nSPS) is 17.6. The first kappa shape index (κ1) is 13.9. The number of benzene rings is 1. The van der Waals surface area contributed by atoms with Gasteiger partial charge >= 0.3 is 0 Å². The largest absolute Gasteiger partial charge is 0.352 e. The standard InChI is InChI=1S/C12H12FN3O4/c13-7-1-3-10(16(19)20)9(5-7)12(18)14-6-8-2-4-11(17)15-8/h1,3,5,8H,2,4,6H2,(H,14,18)(H,15,17). The van der Waals surface area contributed by atoms with Crippen LogP contribution in [-0.2, 0) is 4.79 Å². The Morgan fingerprint density at radius 2 is 2.30 bits per heavy atom. The zero-order valence-corrected chi connectivity index (χ0v) is 10.4. The number of nitro benzene ring substituents is 1. The van der Waals surface area contributed by atoms with Crippen molar-refractivity contribution in [3.05, 3.63) is 39.7 Å². The maximum Gasteiger partial charge on any atom is 0.282 e. The lowest BCUT2D eigenvalue weighted by Gasteiger charge is -2.11. The van der Waals surface area contributed by atoms with Gasteiger partial charge in [-0.05, 0) is 18.6 Å². The molecule has 20 heavy (non-hydrogen) atoms. The average Bonchev–Trinajstić information content (AvgIpc) is 2.81. The van der Waals surface area contributed by atoms with E-state index in [2.05, 4.69) is 10.6 Å². The van der Waals surface area contributed by atoms with Crippen molar-refractivity contribution in [1.82, 2.24) is 10.6 Å². The Labute approximate surface area is 113 Å². The van der Waals surface area contributed by atoms with Gasteiger partial charge in [-0.15, -0.1) is 0 Å². The number of hydrogen-bond donors (Lipinski definition) is 2. The molecule has 1 aromatic carbocycles. The molecule has 0 bridgehead atoms. The fraction of sp³-hybridized carbons (Fsp3) is 0.333. The molecule has 1 unspecified atom stereocenters. The molecule has 0 aliphatic carbocycles. The summed E-state index contributed by atoms with van der Waals surface area (Å²) >= 11 is 0. The van der Waals surface area contributed by atoms with E-state index in [1.54, 1.807) is 0 Å². The van der Waals surface area contributed by atoms with E-state index in [1.807, 2.05) is 0 Å². The molecule has 1 aromatic rings. The summed E-state index contributed by atoms with van der Waals surface area (Å²) in [6.45, 7) is 0.151. The van der Waals surface area contributed by atoms with Gasteiger partial charge in [0.1, 0.15) is 11.4 Å². The molecule has 1 fully saturated rings. The summed E-state index contributed by atoms with van der Waals surface area (Å²) in [7, 11) is 0. The third-order valence-electron chi connectivity index (χ3n) is 2.99. The van der Waals surface area contributed by atoms with Crippen LogP contribution in [0.15, 0.2) is 18.2 Å². The molecule has 1 heterocycles. The van der Waals surface area contributed by atoms with Gasteiger partial charge in [-0.2, -0.15) is 0 Å². The molecule has 2 amide bonds. The van der Waals surface area contributed by atoms with Crippen molar-refractivity contribution in [3.63, 3.8) is 0 Å². The SMILES string of the molecule is O=C1CCC(CNC(=O)c2cc(F)ccc2[N+](=O)[O-])N1. The lowest BCUT2D eigenvalue weighted by atomic mass is 10.1. The Balaban J connectivity index is 2.07. The van der Waals surface area contributed by atoms with Crippen molar-refractivity contribution in [2.75, 3.05) is 6.54 Å². The highest BCUT2D eigenvalue weighted by Crippen LogP contribution is 2.19. The molecular weight excluding hydrogens is 269 g/mol. The highest BCUT2D eigenvalue weighted by Gasteiger charge is 2.24. The van der Waals surface area contributed by atoms with E-state index in [9.17, 15) is 24.1 Å². The van der Waals surface area contributed by atoms with Gasteiger partial charge in [0.25, 0.3) is 11.6 Å². The van der Waals surface area contributed by atoms with E-state index in [0.717, 1.165) is 18.2 Å². The van der Waals surface area contributed by atoms with E-state index in [4.69, 9.17) is 0 Å². The molecule has 1 atom stereocenters. The number of nitrogens with zero attached hydrogens (tertiary/aromatic N) is 1. The van der Waals surface area contributed by atoms with Gasteiger partial charge in [0, 0.05) is 25.1 Å². The Morgan fingerprint density at radius 1 is 1.55 bits per heavy atom. The Bertz CT molecular complexity index is 576. The van der Waals surface area contributed by atoms with Gasteiger partial charge in [0.05, 0.1) is 4.92 Å². The van der Waals surface area contributed by atoms with Crippen LogP contribution >= 0.6 is 0 Å². The molecule has 8 heteroatoms. The predicted molar refractivity (Wildman–Crippen MR) is 66.6 cm³/mol. The molecule has 1 aliphatic rings. The van der Waals surface area contributed by atoms with E-state index in [1.165, 1.54) is 0 Å². The van der Waals surface area contributed by atoms with Gasteiger partial charge in [-0.25, -0.2) is 4.39 Å². The molecule has 0 saturated carbocycles. The lowest BCUT2D eigenvalue weighted by molar-refractivity contribution is -0.385. The first-order valence-electron chi connectivity index (χ1n) is 5.99. The van der Waals surface area contributed by atoms with Crippen molar-refractivity contribution in [1.29, 1.82) is 0 Å². The number of rotatable bonds is 4. The molecule has 0 aromatic heterocycles. The third-order valence-corrected chi connectivity index (χ3v) is 2.99. The Kier molecular flexibility index (Phi) is 3.92. The van der Waals surface area contributed by atoms with E-state index in [-0.39, 0.29) is 24.1 Å². The first-order chi connectivity index (χ1) is 9.47. The fourth-order valence-corrected chi connectivity index (χ4v) is 1.99. The maximum atomic E-state index is 13.1. The van der Waals surface area contributed by atoms with E-state index < -0.39 is 22.3 Å². The average molecular weight is 281 g/mol. The monoisotopic (exact) mass is 281 g/mol. The Hall–Kier alpha value is -2.51. The topological polar surface area (TPSA) is 101 Å². The highest BCUT2D eigenvalue weighted by atomic mass is 19.1. The number of carbonyl (C=O) groups excluding carboxylic acids is 2. The van der Waals surface area contributed by atoms with Crippen molar-refractivity contribution in [3.8, 4) is 0 Å². The van der Waals surface area contributed by atoms with Crippen molar-refractivity contribution >= 4 is 17.5 Å². The summed E-state index contributed by atoms with van der Waals surface area (Å²) in [6, 6.07) is 2.49. The van der Waals surface area contributed by atoms with E-state index >= 15 is 0 Å². The molecule has 0 radical (unpaired) electrons. The van der Waals surface area contributed by atoms with Crippen LogP contribution in [0.25, 0.3) is 0 Å². The summed E-state index contributed by atoms with van der Waals surface area (Å²) in [5.74, 6) is -1.56.